The van der Waals surface area contributed by atoms with Gasteiger partial charge in [0.2, 0.25) is 0 Å². The minimum Gasteiger partial charge on any atom is -0.465 e. The first kappa shape index (κ1) is 17.2. The molecule has 21 heavy (non-hydrogen) atoms. The van der Waals surface area contributed by atoms with Crippen molar-refractivity contribution in [3.63, 3.8) is 0 Å². The Bertz CT molecular complexity index is 519. The number of hydrogen-bond acceptors (Lipinski definition) is 2. The van der Waals surface area contributed by atoms with Gasteiger partial charge in [0.15, 0.2) is 0 Å². The molecule has 0 heterocycles. The molecule has 0 aliphatic carbocycles. The largest absolute Gasteiger partial charge is 0.465 e. The van der Waals surface area contributed by atoms with Gasteiger partial charge in [0.05, 0.1) is 12.6 Å². The number of benzene rings is 1. The maximum Gasteiger partial charge on any atom is 0.408 e. The van der Waals surface area contributed by atoms with Crippen molar-refractivity contribution in [2.75, 3.05) is 0 Å². The fraction of sp³-hybridized carbons (Fsp3) is 0.500. The van der Waals surface area contributed by atoms with E-state index in [1.807, 2.05) is 30.3 Å². The molecule has 1 rings (SSSR count). The molecule has 5 heteroatoms. The summed E-state index contributed by atoms with van der Waals surface area (Å²) in [6.07, 6.45) is -0.461. The average Bonchev–Trinajstić information content (AvgIpc) is 2.42. The molecule has 0 fully saturated rings. The predicted molar refractivity (Wildman–Crippen MR) is 86.8 cm³/mol. The topological polar surface area (TPSA) is 64.3 Å². The molecule has 0 aliphatic rings. The van der Waals surface area contributed by atoms with Crippen LogP contribution in [0.3, 0.4) is 0 Å². The van der Waals surface area contributed by atoms with Crippen LogP contribution in [-0.2, 0) is 6.54 Å². The summed E-state index contributed by atoms with van der Waals surface area (Å²) >= 11 is 0. The second-order valence-corrected chi connectivity index (χ2v) is 12.4. The maximum absolute atomic E-state index is 11.6. The van der Waals surface area contributed by atoms with Gasteiger partial charge < -0.3 is 5.11 Å². The lowest BCUT2D eigenvalue weighted by molar-refractivity contribution is 0.101. The van der Waals surface area contributed by atoms with Crippen LogP contribution in [0.25, 0.3) is 0 Å². The van der Waals surface area contributed by atoms with E-state index in [2.05, 4.69) is 25.7 Å². The molecule has 1 amide bonds. The van der Waals surface area contributed by atoms with Gasteiger partial charge in [-0.15, -0.1) is 0 Å². The number of carboxylic acid groups (broad SMARTS) is 1. The first-order valence-electron chi connectivity index (χ1n) is 7.14. The third-order valence-electron chi connectivity index (χ3n) is 3.61. The van der Waals surface area contributed by atoms with Crippen LogP contribution in [0.4, 0.5) is 4.79 Å². The van der Waals surface area contributed by atoms with Crippen molar-refractivity contribution in [1.29, 1.82) is 5.26 Å². The van der Waals surface area contributed by atoms with Gasteiger partial charge in [0, 0.05) is 8.07 Å². The number of nitriles is 1. The van der Waals surface area contributed by atoms with Crippen molar-refractivity contribution in [3.8, 4) is 6.07 Å². The van der Waals surface area contributed by atoms with Gasteiger partial charge in [-0.05, 0) is 18.9 Å². The Morgan fingerprint density at radius 2 is 1.90 bits per heavy atom. The molecule has 1 aromatic rings. The molecule has 1 aromatic carbocycles. The molecule has 0 bridgehead atoms. The second-order valence-electron chi connectivity index (χ2n) is 6.80. The number of carbonyl (C=O) groups is 1. The predicted octanol–water partition coefficient (Wildman–Crippen LogP) is 4.18. The van der Waals surface area contributed by atoms with E-state index in [0.717, 1.165) is 11.6 Å². The summed E-state index contributed by atoms with van der Waals surface area (Å²) in [5.74, 6) is 0. The standard InChI is InChI=1S/C16H24N2O2Si/c1-16(13-17,10-11-21(2,3)4)18(15(19)20)12-14-8-6-5-7-9-14/h5-9H,10-12H2,1-4H3,(H,19,20). The summed E-state index contributed by atoms with van der Waals surface area (Å²) in [4.78, 5) is 12.9. The van der Waals surface area contributed by atoms with Crippen LogP contribution in [0.5, 0.6) is 0 Å². The zero-order chi connectivity index (χ0) is 16.1. The highest BCUT2D eigenvalue weighted by atomic mass is 28.3. The lowest BCUT2D eigenvalue weighted by Gasteiger charge is -2.35. The van der Waals surface area contributed by atoms with Crippen LogP contribution >= 0.6 is 0 Å². The molecule has 4 nitrogen and oxygen atoms in total. The summed E-state index contributed by atoms with van der Waals surface area (Å²) in [5, 5.41) is 19.1. The van der Waals surface area contributed by atoms with Gasteiger partial charge in [0.1, 0.15) is 5.54 Å². The monoisotopic (exact) mass is 304 g/mol. The summed E-state index contributed by atoms with van der Waals surface area (Å²) < 4.78 is 0. The number of amides is 1. The van der Waals surface area contributed by atoms with Crippen molar-refractivity contribution < 1.29 is 9.90 Å². The van der Waals surface area contributed by atoms with Crippen LogP contribution < -0.4 is 0 Å². The molecule has 0 aliphatic heterocycles. The second kappa shape index (κ2) is 6.77. The molecule has 0 spiro atoms. The smallest absolute Gasteiger partial charge is 0.408 e. The van der Waals surface area contributed by atoms with E-state index in [0.29, 0.717) is 6.42 Å². The molecular formula is C16H24N2O2Si. The van der Waals surface area contributed by atoms with Crippen molar-refractivity contribution in [2.24, 2.45) is 0 Å². The number of rotatable bonds is 6. The van der Waals surface area contributed by atoms with E-state index in [4.69, 9.17) is 0 Å². The summed E-state index contributed by atoms with van der Waals surface area (Å²) in [5.41, 5.74) is -0.0866. The SMILES string of the molecule is CC(C#N)(CC[Si](C)(C)C)N(Cc1ccccc1)C(=O)O. The van der Waals surface area contributed by atoms with Crippen molar-refractivity contribution in [1.82, 2.24) is 4.90 Å². The third-order valence-corrected chi connectivity index (χ3v) is 5.36. The van der Waals surface area contributed by atoms with Gasteiger partial charge in [-0.1, -0.05) is 56.0 Å². The Balaban J connectivity index is 2.95. The summed E-state index contributed by atoms with van der Waals surface area (Å²) in [6, 6.07) is 12.6. The fourth-order valence-electron chi connectivity index (χ4n) is 2.09. The molecule has 0 saturated heterocycles. The highest BCUT2D eigenvalue weighted by Crippen LogP contribution is 2.27. The molecule has 1 N–H and O–H groups in total. The van der Waals surface area contributed by atoms with Crippen LogP contribution in [-0.4, -0.2) is 29.7 Å². The van der Waals surface area contributed by atoms with Gasteiger partial charge in [-0.3, -0.25) is 4.90 Å². The van der Waals surface area contributed by atoms with Crippen LogP contribution in [0.1, 0.15) is 18.9 Å². The normalized spacial score (nSPS) is 14.0. The average molecular weight is 304 g/mol. The van der Waals surface area contributed by atoms with E-state index < -0.39 is 19.7 Å². The molecular weight excluding hydrogens is 280 g/mol. The molecule has 0 saturated carbocycles. The van der Waals surface area contributed by atoms with Gasteiger partial charge in [0.25, 0.3) is 0 Å². The molecule has 0 radical (unpaired) electrons. The summed E-state index contributed by atoms with van der Waals surface area (Å²) in [7, 11) is -1.33. The Hall–Kier alpha value is -1.80. The molecule has 1 unspecified atom stereocenters. The number of nitrogens with zero attached hydrogens (tertiary/aromatic N) is 2. The van der Waals surface area contributed by atoms with Crippen LogP contribution in [0.2, 0.25) is 25.7 Å². The Kier molecular flexibility index (Phi) is 5.56. The quantitative estimate of drug-likeness (QED) is 0.802. The highest BCUT2D eigenvalue weighted by molar-refractivity contribution is 6.76. The van der Waals surface area contributed by atoms with Crippen LogP contribution in [0.15, 0.2) is 30.3 Å². The first-order valence-corrected chi connectivity index (χ1v) is 10.8. The fourth-order valence-corrected chi connectivity index (χ4v) is 3.33. The maximum atomic E-state index is 11.6. The zero-order valence-corrected chi connectivity index (χ0v) is 14.3. The lowest BCUT2D eigenvalue weighted by Crippen LogP contribution is -2.48. The highest BCUT2D eigenvalue weighted by Gasteiger charge is 2.36. The minimum atomic E-state index is -1.33. The zero-order valence-electron chi connectivity index (χ0n) is 13.3. The van der Waals surface area contributed by atoms with E-state index in [1.54, 1.807) is 6.92 Å². The van der Waals surface area contributed by atoms with Crippen LogP contribution in [0, 0.1) is 11.3 Å². The van der Waals surface area contributed by atoms with Gasteiger partial charge >= 0.3 is 6.09 Å². The minimum absolute atomic E-state index is 0.242. The van der Waals surface area contributed by atoms with Crippen molar-refractivity contribution >= 4 is 14.2 Å². The van der Waals surface area contributed by atoms with E-state index in [1.165, 1.54) is 4.90 Å². The number of hydrogen-bond donors (Lipinski definition) is 1. The first-order chi connectivity index (χ1) is 9.68. The van der Waals surface area contributed by atoms with E-state index in [9.17, 15) is 15.2 Å². The van der Waals surface area contributed by atoms with Gasteiger partial charge in [-0.25, -0.2) is 4.79 Å². The molecule has 1 atom stereocenters. The molecule has 114 valence electrons. The lowest BCUT2D eigenvalue weighted by atomic mass is 9.98. The third kappa shape index (κ3) is 5.24. The van der Waals surface area contributed by atoms with E-state index >= 15 is 0 Å². The Morgan fingerprint density at radius 3 is 2.33 bits per heavy atom. The Labute approximate surface area is 128 Å². The Morgan fingerprint density at radius 1 is 1.33 bits per heavy atom. The van der Waals surface area contributed by atoms with Gasteiger partial charge in [-0.2, -0.15) is 5.26 Å². The van der Waals surface area contributed by atoms with Crippen molar-refractivity contribution in [3.05, 3.63) is 35.9 Å². The summed E-state index contributed by atoms with van der Waals surface area (Å²) in [6.45, 7) is 8.66. The van der Waals surface area contributed by atoms with E-state index in [-0.39, 0.29) is 6.54 Å². The van der Waals surface area contributed by atoms with Crippen molar-refractivity contribution in [2.45, 2.75) is 51.1 Å². The molecule has 0 aromatic heterocycles.